The minimum absolute atomic E-state index is 0. The predicted octanol–water partition coefficient (Wildman–Crippen LogP) is 2.79. The largest absolute Gasteiger partial charge is 1.00 e. The van der Waals surface area contributed by atoms with E-state index in [1.807, 2.05) is 0 Å². The molecule has 22 heavy (non-hydrogen) atoms. The second kappa shape index (κ2) is 22.1. The van der Waals surface area contributed by atoms with Crippen molar-refractivity contribution in [3.63, 3.8) is 0 Å². The zero-order valence-electron chi connectivity index (χ0n) is 15.9. The number of unbranched alkanes of at least 4 members (excludes halogenated alkanes) is 14. The Morgan fingerprint density at radius 3 is 1.36 bits per heavy atom. The van der Waals surface area contributed by atoms with Gasteiger partial charge in [0.25, 0.3) is 0 Å². The van der Waals surface area contributed by atoms with Crippen molar-refractivity contribution in [2.75, 3.05) is 6.61 Å². The Kier molecular flexibility index (Phi) is 25.4. The second-order valence-electron chi connectivity index (χ2n) is 5.98. The maximum atomic E-state index is 10.1. The topological polar surface area (TPSA) is 49.4 Å². The van der Waals surface area contributed by atoms with E-state index in [9.17, 15) is 8.76 Å². The second-order valence-corrected chi connectivity index (χ2v) is 6.62. The SMILES string of the molecule is CCCCCCCCCCCCCCCCCOS(=O)[O-].[H-].[Na+]. The molecule has 1 unspecified atom stereocenters. The van der Waals surface area contributed by atoms with Crippen molar-refractivity contribution in [1.82, 2.24) is 0 Å². The van der Waals surface area contributed by atoms with Crippen molar-refractivity contribution in [1.29, 1.82) is 0 Å². The molecule has 0 aliphatic heterocycles. The third-order valence-corrected chi connectivity index (χ3v) is 4.29. The molecule has 0 aromatic rings. The van der Waals surface area contributed by atoms with Gasteiger partial charge in [-0.2, -0.15) is 0 Å². The van der Waals surface area contributed by atoms with E-state index in [-0.39, 0.29) is 31.0 Å². The van der Waals surface area contributed by atoms with Crippen molar-refractivity contribution < 1.29 is 43.9 Å². The molecular formula is C17H36NaO3S-. The standard InChI is InChI=1S/C17H36O3S.Na.H/c1-2-3-4-5-6-7-8-9-10-11-12-13-14-15-16-17-20-21(18)19;;/h2-17H2,1H3,(H,18,19);;/q;+1;-1/p-1. The Labute approximate surface area is 164 Å². The number of hydrogen-bond acceptors (Lipinski definition) is 3. The van der Waals surface area contributed by atoms with Gasteiger partial charge in [0, 0.05) is 0 Å². The third kappa shape index (κ3) is 23.3. The van der Waals surface area contributed by atoms with Crippen molar-refractivity contribution in [2.24, 2.45) is 0 Å². The zero-order chi connectivity index (χ0) is 15.6. The summed E-state index contributed by atoms with van der Waals surface area (Å²) in [5.74, 6) is 0. The first-order valence-electron chi connectivity index (χ1n) is 9.00. The fourth-order valence-corrected chi connectivity index (χ4v) is 2.85. The first-order valence-corrected chi connectivity index (χ1v) is 10.00. The van der Waals surface area contributed by atoms with Crippen LogP contribution in [0.25, 0.3) is 0 Å². The van der Waals surface area contributed by atoms with Crippen LogP contribution in [0.4, 0.5) is 0 Å². The van der Waals surface area contributed by atoms with E-state index in [1.165, 1.54) is 83.5 Å². The Bertz CT molecular complexity index is 234. The van der Waals surface area contributed by atoms with Crippen LogP contribution in [0.15, 0.2) is 0 Å². The summed E-state index contributed by atoms with van der Waals surface area (Å²) >= 11 is -2.33. The fraction of sp³-hybridized carbons (Fsp3) is 1.00. The summed E-state index contributed by atoms with van der Waals surface area (Å²) in [4.78, 5) is 0. The van der Waals surface area contributed by atoms with Gasteiger partial charge in [-0.15, -0.1) is 0 Å². The van der Waals surface area contributed by atoms with Crippen LogP contribution in [-0.2, 0) is 15.5 Å². The van der Waals surface area contributed by atoms with Gasteiger partial charge in [0.2, 0.25) is 0 Å². The van der Waals surface area contributed by atoms with Crippen LogP contribution >= 0.6 is 0 Å². The van der Waals surface area contributed by atoms with E-state index < -0.39 is 11.4 Å². The molecule has 130 valence electrons. The van der Waals surface area contributed by atoms with Crippen LogP contribution in [0.5, 0.6) is 0 Å². The number of hydrogen-bond donors (Lipinski definition) is 0. The first-order chi connectivity index (χ1) is 10.3. The van der Waals surface area contributed by atoms with Gasteiger partial charge in [0.1, 0.15) is 0 Å². The minimum Gasteiger partial charge on any atom is -1.00 e. The van der Waals surface area contributed by atoms with Gasteiger partial charge in [0.15, 0.2) is 0 Å². The van der Waals surface area contributed by atoms with E-state index in [0.717, 1.165) is 12.8 Å². The molecule has 5 heteroatoms. The third-order valence-electron chi connectivity index (χ3n) is 3.93. The molecule has 0 N–H and O–H groups in total. The molecule has 0 aliphatic carbocycles. The van der Waals surface area contributed by atoms with Gasteiger partial charge in [0.05, 0.1) is 18.0 Å². The monoisotopic (exact) mass is 343 g/mol. The fourth-order valence-electron chi connectivity index (χ4n) is 2.60. The quantitative estimate of drug-likeness (QED) is 0.232. The Hall–Kier alpha value is 1.07. The summed E-state index contributed by atoms with van der Waals surface area (Å²) in [6, 6.07) is 0. The Balaban J connectivity index is -0.00000200. The summed E-state index contributed by atoms with van der Waals surface area (Å²) in [6.07, 6.45) is 19.7. The maximum Gasteiger partial charge on any atom is 1.00 e. The van der Waals surface area contributed by atoms with Crippen LogP contribution in [0.2, 0.25) is 0 Å². The summed E-state index contributed by atoms with van der Waals surface area (Å²) < 4.78 is 24.7. The molecule has 0 rings (SSSR count). The molecule has 0 radical (unpaired) electrons. The van der Waals surface area contributed by atoms with E-state index in [2.05, 4.69) is 11.1 Å². The van der Waals surface area contributed by atoms with Gasteiger partial charge in [-0.3, -0.25) is 0 Å². The van der Waals surface area contributed by atoms with Crippen LogP contribution in [0.3, 0.4) is 0 Å². The van der Waals surface area contributed by atoms with Gasteiger partial charge in [-0.25, -0.2) is 4.21 Å². The zero-order valence-corrected chi connectivity index (χ0v) is 17.8. The van der Waals surface area contributed by atoms with Gasteiger partial charge in [-0.1, -0.05) is 96.8 Å². The normalized spacial score (nSPS) is 12.1. The van der Waals surface area contributed by atoms with Crippen LogP contribution in [-0.4, -0.2) is 15.4 Å². The van der Waals surface area contributed by atoms with E-state index in [1.54, 1.807) is 0 Å². The van der Waals surface area contributed by atoms with Crippen molar-refractivity contribution >= 4 is 11.4 Å². The molecule has 1 atom stereocenters. The van der Waals surface area contributed by atoms with E-state index in [4.69, 9.17) is 0 Å². The molecule has 0 aromatic heterocycles. The first kappa shape index (κ1) is 25.3. The summed E-state index contributed by atoms with van der Waals surface area (Å²) in [5.41, 5.74) is 0. The van der Waals surface area contributed by atoms with Crippen molar-refractivity contribution in [2.45, 2.75) is 103 Å². The Morgan fingerprint density at radius 1 is 0.727 bits per heavy atom. The molecule has 0 spiro atoms. The minimum atomic E-state index is -2.33. The molecule has 0 bridgehead atoms. The smallest absolute Gasteiger partial charge is 1.00 e. The van der Waals surface area contributed by atoms with Crippen LogP contribution in [0, 0.1) is 0 Å². The molecule has 0 saturated carbocycles. The molecule has 3 nitrogen and oxygen atoms in total. The molecule has 0 aromatic carbocycles. The predicted molar refractivity (Wildman–Crippen MR) is 90.9 cm³/mol. The Morgan fingerprint density at radius 2 is 1.05 bits per heavy atom. The van der Waals surface area contributed by atoms with E-state index >= 15 is 0 Å². The van der Waals surface area contributed by atoms with Crippen molar-refractivity contribution in [3.05, 3.63) is 0 Å². The van der Waals surface area contributed by atoms with Crippen LogP contribution < -0.4 is 29.6 Å². The molecule has 0 amide bonds. The molecular weight excluding hydrogens is 307 g/mol. The van der Waals surface area contributed by atoms with Gasteiger partial charge in [-0.05, 0) is 6.42 Å². The van der Waals surface area contributed by atoms with Crippen molar-refractivity contribution in [3.8, 4) is 0 Å². The maximum absolute atomic E-state index is 10.1. The average Bonchev–Trinajstić information content (AvgIpc) is 2.46. The average molecular weight is 344 g/mol. The summed E-state index contributed by atoms with van der Waals surface area (Å²) in [7, 11) is 0. The molecule has 0 aliphatic rings. The molecule has 0 fully saturated rings. The molecule has 0 heterocycles. The molecule has 0 saturated heterocycles. The summed E-state index contributed by atoms with van der Waals surface area (Å²) in [5, 5.41) is 0. The number of rotatable bonds is 17. The van der Waals surface area contributed by atoms with E-state index in [0.29, 0.717) is 6.61 Å². The van der Waals surface area contributed by atoms with Gasteiger partial charge < -0.3 is 10.2 Å². The van der Waals surface area contributed by atoms with Gasteiger partial charge >= 0.3 is 29.6 Å². The van der Waals surface area contributed by atoms with Crippen LogP contribution in [0.1, 0.15) is 105 Å². The summed E-state index contributed by atoms with van der Waals surface area (Å²) in [6.45, 7) is 2.61.